The van der Waals surface area contributed by atoms with Crippen molar-refractivity contribution in [1.82, 2.24) is 4.98 Å². The van der Waals surface area contributed by atoms with Crippen molar-refractivity contribution in [2.45, 2.75) is 11.1 Å². The molecule has 0 radical (unpaired) electrons. The Morgan fingerprint density at radius 3 is 2.64 bits per heavy atom. The van der Waals surface area contributed by atoms with Crippen LogP contribution in [-0.4, -0.2) is 16.9 Å². The van der Waals surface area contributed by atoms with Crippen LogP contribution in [0.3, 0.4) is 0 Å². The van der Waals surface area contributed by atoms with Gasteiger partial charge in [-0.25, -0.2) is 0 Å². The van der Waals surface area contributed by atoms with Crippen LogP contribution in [0.2, 0.25) is 0 Å². The molecule has 5 heteroatoms. The average molecular weight is 181 g/mol. The second kappa shape index (κ2) is 3.21. The van der Waals surface area contributed by atoms with Crippen molar-refractivity contribution in [2.75, 3.05) is 5.75 Å². The molecule has 11 heavy (non-hydrogen) atoms. The van der Waals surface area contributed by atoms with Gasteiger partial charge in [-0.05, 0) is 6.07 Å². The summed E-state index contributed by atoms with van der Waals surface area (Å²) in [7, 11) is 0. The van der Waals surface area contributed by atoms with Crippen molar-refractivity contribution in [3.63, 3.8) is 0 Å². The highest BCUT2D eigenvalue weighted by Crippen LogP contribution is 2.26. The highest BCUT2D eigenvalue weighted by molar-refractivity contribution is 7.99. The zero-order valence-electron chi connectivity index (χ0n) is 5.48. The van der Waals surface area contributed by atoms with Gasteiger partial charge in [-0.2, -0.15) is 13.2 Å². The molecule has 0 bridgehead atoms. The lowest BCUT2D eigenvalue weighted by atomic mass is 10.7. The van der Waals surface area contributed by atoms with E-state index < -0.39 is 11.9 Å². The molecule has 0 aromatic carbocycles. The molecule has 1 N–H and O–H groups in total. The Morgan fingerprint density at radius 2 is 2.18 bits per heavy atom. The summed E-state index contributed by atoms with van der Waals surface area (Å²) in [5.74, 6) is -0.829. The van der Waals surface area contributed by atoms with Crippen molar-refractivity contribution in [3.8, 4) is 0 Å². The summed E-state index contributed by atoms with van der Waals surface area (Å²) >= 11 is 0.778. The third kappa shape index (κ3) is 3.36. The van der Waals surface area contributed by atoms with Gasteiger partial charge in [0.15, 0.2) is 0 Å². The predicted octanol–water partition coefficient (Wildman–Crippen LogP) is 2.67. The van der Waals surface area contributed by atoms with Crippen LogP contribution in [0.4, 0.5) is 13.2 Å². The first-order valence-electron chi connectivity index (χ1n) is 2.90. The van der Waals surface area contributed by atoms with Crippen LogP contribution in [0, 0.1) is 0 Å². The molecule has 1 rings (SSSR count). The Morgan fingerprint density at radius 1 is 1.45 bits per heavy atom. The largest absolute Gasteiger partial charge is 0.398 e. The number of H-pyrrole nitrogens is 1. The van der Waals surface area contributed by atoms with Crippen LogP contribution in [0.5, 0.6) is 0 Å². The summed E-state index contributed by atoms with van der Waals surface area (Å²) in [5, 5.41) is 0. The summed E-state index contributed by atoms with van der Waals surface area (Å²) in [6.07, 6.45) is -0.947. The number of rotatable bonds is 2. The van der Waals surface area contributed by atoms with Gasteiger partial charge in [0.2, 0.25) is 0 Å². The molecule has 1 nitrogen and oxygen atoms in total. The molecular formula is C6H6F3NS. The van der Waals surface area contributed by atoms with Crippen molar-refractivity contribution in [2.24, 2.45) is 0 Å². The fraction of sp³-hybridized carbons (Fsp3) is 0.333. The molecule has 0 spiro atoms. The van der Waals surface area contributed by atoms with Crippen molar-refractivity contribution in [1.29, 1.82) is 0 Å². The van der Waals surface area contributed by atoms with Crippen molar-refractivity contribution in [3.05, 3.63) is 18.5 Å². The Kier molecular flexibility index (Phi) is 2.49. The van der Waals surface area contributed by atoms with E-state index in [1.54, 1.807) is 12.3 Å². The molecule has 0 amide bonds. The van der Waals surface area contributed by atoms with Crippen LogP contribution < -0.4 is 0 Å². The Bertz CT molecular complexity index is 204. The Balaban J connectivity index is 2.35. The molecule has 0 unspecified atom stereocenters. The smallest absolute Gasteiger partial charge is 0.367 e. The lowest BCUT2D eigenvalue weighted by Gasteiger charge is -2.02. The second-order valence-electron chi connectivity index (χ2n) is 1.95. The van der Waals surface area contributed by atoms with Gasteiger partial charge in [0, 0.05) is 17.3 Å². The van der Waals surface area contributed by atoms with Gasteiger partial charge in [-0.15, -0.1) is 11.8 Å². The van der Waals surface area contributed by atoms with Crippen LogP contribution in [-0.2, 0) is 0 Å². The van der Waals surface area contributed by atoms with Crippen LogP contribution >= 0.6 is 11.8 Å². The molecule has 0 saturated heterocycles. The number of hydrogen-bond donors (Lipinski definition) is 1. The Hall–Kier alpha value is -0.580. The second-order valence-corrected chi connectivity index (χ2v) is 3.00. The fourth-order valence-electron chi connectivity index (χ4n) is 0.564. The molecule has 0 aliphatic heterocycles. The monoisotopic (exact) mass is 181 g/mol. The first-order valence-corrected chi connectivity index (χ1v) is 3.89. The van der Waals surface area contributed by atoms with E-state index in [1.165, 1.54) is 6.20 Å². The number of aromatic nitrogens is 1. The van der Waals surface area contributed by atoms with Gasteiger partial charge >= 0.3 is 6.18 Å². The minimum atomic E-state index is -4.08. The number of halogens is 3. The first kappa shape index (κ1) is 8.52. The maximum absolute atomic E-state index is 11.6. The van der Waals surface area contributed by atoms with E-state index in [0.717, 1.165) is 11.8 Å². The van der Waals surface area contributed by atoms with Gasteiger partial charge in [0.25, 0.3) is 0 Å². The zero-order valence-corrected chi connectivity index (χ0v) is 6.30. The van der Waals surface area contributed by atoms with E-state index in [2.05, 4.69) is 4.98 Å². The number of hydrogen-bond acceptors (Lipinski definition) is 1. The summed E-state index contributed by atoms with van der Waals surface area (Å²) in [4.78, 5) is 3.29. The van der Waals surface area contributed by atoms with Gasteiger partial charge in [0.1, 0.15) is 0 Å². The molecule has 0 fully saturated rings. The van der Waals surface area contributed by atoms with Gasteiger partial charge in [-0.3, -0.25) is 0 Å². The van der Waals surface area contributed by atoms with Crippen molar-refractivity contribution >= 4 is 11.8 Å². The summed E-state index contributed by atoms with van der Waals surface area (Å²) in [5.41, 5.74) is 0. The SMILES string of the molecule is FC(F)(F)CSc1cc[nH]c1. The van der Waals surface area contributed by atoms with E-state index in [-0.39, 0.29) is 0 Å². The van der Waals surface area contributed by atoms with E-state index in [9.17, 15) is 13.2 Å². The van der Waals surface area contributed by atoms with E-state index >= 15 is 0 Å². The van der Waals surface area contributed by atoms with Gasteiger partial charge in [-0.1, -0.05) is 0 Å². The normalized spacial score (nSPS) is 11.9. The maximum atomic E-state index is 11.6. The maximum Gasteiger partial charge on any atom is 0.398 e. The summed E-state index contributed by atoms with van der Waals surface area (Å²) in [6, 6.07) is 1.61. The number of aromatic amines is 1. The minimum Gasteiger partial charge on any atom is -0.367 e. The molecular weight excluding hydrogens is 175 g/mol. The molecule has 1 heterocycles. The van der Waals surface area contributed by atoms with Crippen LogP contribution in [0.25, 0.3) is 0 Å². The fourth-order valence-corrected chi connectivity index (χ4v) is 1.21. The van der Waals surface area contributed by atoms with Crippen LogP contribution in [0.1, 0.15) is 0 Å². The lowest BCUT2D eigenvalue weighted by Crippen LogP contribution is -2.10. The van der Waals surface area contributed by atoms with E-state index in [4.69, 9.17) is 0 Å². The Labute approximate surface area is 66.0 Å². The molecule has 1 aromatic heterocycles. The number of nitrogens with one attached hydrogen (secondary N) is 1. The highest BCUT2D eigenvalue weighted by Gasteiger charge is 2.27. The number of thioether (sulfide) groups is 1. The molecule has 0 aliphatic carbocycles. The molecule has 0 saturated carbocycles. The number of alkyl halides is 3. The summed E-state index contributed by atoms with van der Waals surface area (Å²) in [6.45, 7) is 0. The zero-order chi connectivity index (χ0) is 8.32. The topological polar surface area (TPSA) is 15.8 Å². The first-order chi connectivity index (χ1) is 5.08. The molecule has 0 aliphatic rings. The predicted molar refractivity (Wildman–Crippen MR) is 37.6 cm³/mol. The van der Waals surface area contributed by atoms with Crippen LogP contribution in [0.15, 0.2) is 23.4 Å². The molecule has 62 valence electrons. The molecule has 0 atom stereocenters. The highest BCUT2D eigenvalue weighted by atomic mass is 32.2. The molecule has 1 aromatic rings. The standard InChI is InChI=1S/C6H6F3NS/c7-6(8,9)4-11-5-1-2-10-3-5/h1-3,10H,4H2. The lowest BCUT2D eigenvalue weighted by molar-refractivity contribution is -0.105. The minimum absolute atomic E-state index is 0.613. The van der Waals surface area contributed by atoms with E-state index in [1.807, 2.05) is 0 Å². The van der Waals surface area contributed by atoms with Crippen molar-refractivity contribution < 1.29 is 13.2 Å². The quantitative estimate of drug-likeness (QED) is 0.693. The van der Waals surface area contributed by atoms with Gasteiger partial charge < -0.3 is 4.98 Å². The van der Waals surface area contributed by atoms with E-state index in [0.29, 0.717) is 4.90 Å². The van der Waals surface area contributed by atoms with Gasteiger partial charge in [0.05, 0.1) is 5.75 Å². The third-order valence-corrected chi connectivity index (χ3v) is 2.03. The average Bonchev–Trinajstić information content (AvgIpc) is 2.32. The summed E-state index contributed by atoms with van der Waals surface area (Å²) < 4.78 is 34.8. The third-order valence-electron chi connectivity index (χ3n) is 0.972.